The summed E-state index contributed by atoms with van der Waals surface area (Å²) in [7, 11) is 0. The van der Waals surface area contributed by atoms with Crippen LogP contribution in [-0.2, 0) is 9.59 Å². The van der Waals surface area contributed by atoms with E-state index in [0.29, 0.717) is 6.42 Å². The fourth-order valence-corrected chi connectivity index (χ4v) is 2.03. The standard InChI is InChI=1S/C12H22N2O3/c1-2-9(8-15)13-11(16)12(17)14-10-6-4-3-5-7-10/h9-10,15H,2-8H2,1H3,(H,13,16)(H,14,17). The summed E-state index contributed by atoms with van der Waals surface area (Å²) in [6, 6.07) is -0.198. The summed E-state index contributed by atoms with van der Waals surface area (Å²) in [6.07, 6.45) is 5.95. The second-order valence-corrected chi connectivity index (χ2v) is 4.57. The molecular formula is C12H22N2O3. The highest BCUT2D eigenvalue weighted by atomic mass is 16.3. The van der Waals surface area contributed by atoms with Crippen LogP contribution in [0.15, 0.2) is 0 Å². The summed E-state index contributed by atoms with van der Waals surface area (Å²) in [6.45, 7) is 1.71. The van der Waals surface area contributed by atoms with Crippen molar-refractivity contribution >= 4 is 11.8 Å². The average molecular weight is 242 g/mol. The summed E-state index contributed by atoms with van der Waals surface area (Å²) in [5.74, 6) is -1.22. The molecule has 1 unspecified atom stereocenters. The van der Waals surface area contributed by atoms with E-state index in [1.165, 1.54) is 6.42 Å². The molecule has 17 heavy (non-hydrogen) atoms. The van der Waals surface area contributed by atoms with Gasteiger partial charge in [0.25, 0.3) is 0 Å². The second kappa shape index (κ2) is 7.27. The molecular weight excluding hydrogens is 220 g/mol. The molecule has 0 radical (unpaired) electrons. The minimum Gasteiger partial charge on any atom is -0.394 e. The molecule has 0 spiro atoms. The quantitative estimate of drug-likeness (QED) is 0.621. The van der Waals surface area contributed by atoms with Gasteiger partial charge < -0.3 is 15.7 Å². The molecule has 0 heterocycles. The minimum absolute atomic E-state index is 0.135. The minimum atomic E-state index is -0.642. The lowest BCUT2D eigenvalue weighted by Gasteiger charge is -2.23. The van der Waals surface area contributed by atoms with Gasteiger partial charge in [0.15, 0.2) is 0 Å². The molecule has 2 amide bonds. The zero-order chi connectivity index (χ0) is 12.7. The van der Waals surface area contributed by atoms with Gasteiger partial charge in [0.1, 0.15) is 0 Å². The zero-order valence-corrected chi connectivity index (χ0v) is 10.4. The first-order valence-corrected chi connectivity index (χ1v) is 6.39. The Balaban J connectivity index is 2.32. The molecule has 5 heteroatoms. The van der Waals surface area contributed by atoms with Gasteiger partial charge in [-0.3, -0.25) is 9.59 Å². The zero-order valence-electron chi connectivity index (χ0n) is 10.4. The molecule has 0 aromatic rings. The number of carbonyl (C=O) groups is 2. The monoisotopic (exact) mass is 242 g/mol. The van der Waals surface area contributed by atoms with E-state index in [-0.39, 0.29) is 18.7 Å². The van der Waals surface area contributed by atoms with Gasteiger partial charge in [-0.2, -0.15) is 0 Å². The van der Waals surface area contributed by atoms with E-state index in [1.54, 1.807) is 0 Å². The van der Waals surface area contributed by atoms with E-state index in [0.717, 1.165) is 25.7 Å². The van der Waals surface area contributed by atoms with Crippen molar-refractivity contribution in [1.82, 2.24) is 10.6 Å². The van der Waals surface area contributed by atoms with Crippen molar-refractivity contribution in [3.63, 3.8) is 0 Å². The van der Waals surface area contributed by atoms with Gasteiger partial charge >= 0.3 is 11.8 Å². The van der Waals surface area contributed by atoms with Gasteiger partial charge in [0, 0.05) is 6.04 Å². The Morgan fingerprint density at radius 3 is 2.41 bits per heavy atom. The Kier molecular flexibility index (Phi) is 5.97. The number of nitrogens with one attached hydrogen (secondary N) is 2. The Bertz CT molecular complexity index is 258. The number of aliphatic hydroxyl groups excluding tert-OH is 1. The van der Waals surface area contributed by atoms with Crippen LogP contribution >= 0.6 is 0 Å². The summed E-state index contributed by atoms with van der Waals surface area (Å²) < 4.78 is 0. The third-order valence-electron chi connectivity index (χ3n) is 3.20. The van der Waals surface area contributed by atoms with Crippen molar-refractivity contribution in [2.45, 2.75) is 57.5 Å². The number of aliphatic hydroxyl groups is 1. The SMILES string of the molecule is CCC(CO)NC(=O)C(=O)NC1CCCCC1. The van der Waals surface area contributed by atoms with Gasteiger partial charge in [0.2, 0.25) is 0 Å². The number of amides is 2. The van der Waals surface area contributed by atoms with E-state index in [4.69, 9.17) is 5.11 Å². The third kappa shape index (κ3) is 4.73. The maximum absolute atomic E-state index is 11.6. The van der Waals surface area contributed by atoms with Crippen molar-refractivity contribution in [1.29, 1.82) is 0 Å². The van der Waals surface area contributed by atoms with Crippen LogP contribution in [0, 0.1) is 0 Å². The molecule has 0 aliphatic heterocycles. The lowest BCUT2D eigenvalue weighted by atomic mass is 9.95. The molecule has 1 rings (SSSR count). The average Bonchev–Trinajstić information content (AvgIpc) is 2.36. The smallest absolute Gasteiger partial charge is 0.309 e. The molecule has 0 saturated heterocycles. The molecule has 98 valence electrons. The van der Waals surface area contributed by atoms with E-state index < -0.39 is 11.8 Å². The maximum Gasteiger partial charge on any atom is 0.309 e. The Morgan fingerprint density at radius 2 is 1.88 bits per heavy atom. The first-order chi connectivity index (χ1) is 8.17. The Morgan fingerprint density at radius 1 is 1.24 bits per heavy atom. The van der Waals surface area contributed by atoms with Gasteiger partial charge in [-0.1, -0.05) is 26.2 Å². The number of rotatable bonds is 4. The van der Waals surface area contributed by atoms with Crippen molar-refractivity contribution in [3.05, 3.63) is 0 Å². The largest absolute Gasteiger partial charge is 0.394 e. The summed E-state index contributed by atoms with van der Waals surface area (Å²) >= 11 is 0. The van der Waals surface area contributed by atoms with Crippen LogP contribution in [0.25, 0.3) is 0 Å². The van der Waals surface area contributed by atoms with Crippen LogP contribution < -0.4 is 10.6 Å². The summed E-state index contributed by atoms with van der Waals surface area (Å²) in [5, 5.41) is 14.2. The van der Waals surface area contributed by atoms with Crippen molar-refractivity contribution in [2.75, 3.05) is 6.61 Å². The van der Waals surface area contributed by atoms with Crippen LogP contribution in [0.2, 0.25) is 0 Å². The van der Waals surface area contributed by atoms with Gasteiger partial charge in [-0.15, -0.1) is 0 Å². The van der Waals surface area contributed by atoms with Crippen molar-refractivity contribution in [3.8, 4) is 0 Å². The molecule has 5 nitrogen and oxygen atoms in total. The number of carbonyl (C=O) groups excluding carboxylic acids is 2. The Hall–Kier alpha value is -1.10. The fourth-order valence-electron chi connectivity index (χ4n) is 2.03. The fraction of sp³-hybridized carbons (Fsp3) is 0.833. The third-order valence-corrected chi connectivity index (χ3v) is 3.20. The molecule has 3 N–H and O–H groups in total. The molecule has 0 aromatic carbocycles. The van der Waals surface area contributed by atoms with Gasteiger partial charge in [-0.25, -0.2) is 0 Å². The molecule has 0 bridgehead atoms. The molecule has 1 atom stereocenters. The second-order valence-electron chi connectivity index (χ2n) is 4.57. The molecule has 1 saturated carbocycles. The number of hydrogen-bond acceptors (Lipinski definition) is 3. The van der Waals surface area contributed by atoms with E-state index >= 15 is 0 Å². The highest BCUT2D eigenvalue weighted by Crippen LogP contribution is 2.17. The van der Waals surface area contributed by atoms with Crippen LogP contribution in [0.1, 0.15) is 45.4 Å². The maximum atomic E-state index is 11.6. The topological polar surface area (TPSA) is 78.4 Å². The van der Waals surface area contributed by atoms with Crippen molar-refractivity contribution in [2.24, 2.45) is 0 Å². The predicted octanol–water partition coefficient (Wildman–Crippen LogP) is 0.322. The first kappa shape index (κ1) is 14.0. The van der Waals surface area contributed by atoms with E-state index in [9.17, 15) is 9.59 Å². The predicted molar refractivity (Wildman–Crippen MR) is 64.3 cm³/mol. The molecule has 0 aromatic heterocycles. The highest BCUT2D eigenvalue weighted by Gasteiger charge is 2.21. The Labute approximate surface area is 102 Å². The van der Waals surface area contributed by atoms with Crippen LogP contribution in [0.4, 0.5) is 0 Å². The highest BCUT2D eigenvalue weighted by molar-refractivity contribution is 6.35. The van der Waals surface area contributed by atoms with Crippen LogP contribution in [0.5, 0.6) is 0 Å². The first-order valence-electron chi connectivity index (χ1n) is 6.39. The lowest BCUT2D eigenvalue weighted by molar-refractivity contribution is -0.140. The molecule has 1 aliphatic carbocycles. The van der Waals surface area contributed by atoms with Gasteiger partial charge in [-0.05, 0) is 19.3 Å². The van der Waals surface area contributed by atoms with Crippen LogP contribution in [0.3, 0.4) is 0 Å². The normalized spacial score (nSPS) is 18.5. The van der Waals surface area contributed by atoms with Crippen molar-refractivity contribution < 1.29 is 14.7 Å². The molecule has 1 aliphatic rings. The van der Waals surface area contributed by atoms with E-state index in [2.05, 4.69) is 10.6 Å². The summed E-state index contributed by atoms with van der Waals surface area (Å²) in [4.78, 5) is 23.1. The van der Waals surface area contributed by atoms with E-state index in [1.807, 2.05) is 6.92 Å². The lowest BCUT2D eigenvalue weighted by Crippen LogP contribution is -2.48. The van der Waals surface area contributed by atoms with Crippen LogP contribution in [-0.4, -0.2) is 35.6 Å². The molecule has 1 fully saturated rings. The summed E-state index contributed by atoms with van der Waals surface area (Å²) in [5.41, 5.74) is 0. The van der Waals surface area contributed by atoms with Gasteiger partial charge in [0.05, 0.1) is 12.6 Å². The number of hydrogen-bond donors (Lipinski definition) is 3.